The van der Waals surface area contributed by atoms with Gasteiger partial charge in [0.25, 0.3) is 0 Å². The third kappa shape index (κ3) is 3.35. The quantitative estimate of drug-likeness (QED) is 0.692. The van der Waals surface area contributed by atoms with Crippen LogP contribution >= 0.6 is 0 Å². The van der Waals surface area contributed by atoms with Gasteiger partial charge < -0.3 is 10.3 Å². The van der Waals surface area contributed by atoms with Gasteiger partial charge in [0.2, 0.25) is 0 Å². The van der Waals surface area contributed by atoms with Gasteiger partial charge in [0.05, 0.1) is 17.3 Å². The van der Waals surface area contributed by atoms with Crippen molar-refractivity contribution in [3.63, 3.8) is 0 Å². The Morgan fingerprint density at radius 3 is 3.00 bits per heavy atom. The number of fused-ring (bicyclic) bond motifs is 2. The summed E-state index contributed by atoms with van der Waals surface area (Å²) in [6, 6.07) is 1.76. The molecule has 2 aliphatic rings. The predicted molar refractivity (Wildman–Crippen MR) is 110 cm³/mol. The van der Waals surface area contributed by atoms with Crippen LogP contribution < -0.4 is 10.7 Å². The molecule has 2 saturated heterocycles. The van der Waals surface area contributed by atoms with E-state index in [0.29, 0.717) is 29.5 Å². The Morgan fingerprint density at radius 1 is 1.37 bits per heavy atom. The molecule has 30 heavy (non-hydrogen) atoms. The van der Waals surface area contributed by atoms with Gasteiger partial charge in [-0.2, -0.15) is 0 Å². The summed E-state index contributed by atoms with van der Waals surface area (Å²) < 4.78 is 16.8. The molecule has 8 nitrogen and oxygen atoms in total. The largest absolute Gasteiger partial charge is 0.347 e. The number of aromatic amines is 1. The minimum Gasteiger partial charge on any atom is -0.347 e. The van der Waals surface area contributed by atoms with Gasteiger partial charge in [0.15, 0.2) is 11.3 Å². The molecule has 2 bridgehead atoms. The number of halogens is 1. The Hall–Kier alpha value is -3.20. The number of nitrogens with one attached hydrogen (secondary N) is 2. The van der Waals surface area contributed by atoms with Gasteiger partial charge in [-0.1, -0.05) is 0 Å². The first kappa shape index (κ1) is 18.8. The van der Waals surface area contributed by atoms with E-state index in [1.54, 1.807) is 35.6 Å². The second-order valence-electron chi connectivity index (χ2n) is 8.21. The average molecular weight is 407 g/mol. The molecule has 0 saturated carbocycles. The number of piperidine rings is 2. The number of aromatic nitrogens is 6. The van der Waals surface area contributed by atoms with Gasteiger partial charge in [-0.15, -0.1) is 10.2 Å². The van der Waals surface area contributed by atoms with Crippen LogP contribution in [0.5, 0.6) is 0 Å². The molecular weight excluding hydrogens is 385 g/mol. The fourth-order valence-corrected chi connectivity index (χ4v) is 4.46. The van der Waals surface area contributed by atoms with Crippen molar-refractivity contribution in [1.82, 2.24) is 35.0 Å². The number of alkyl halides is 1. The topological polar surface area (TPSA) is 101 Å². The van der Waals surface area contributed by atoms with Crippen molar-refractivity contribution in [3.05, 3.63) is 58.7 Å². The van der Waals surface area contributed by atoms with Crippen LogP contribution in [0.3, 0.4) is 0 Å². The van der Waals surface area contributed by atoms with Gasteiger partial charge in [-0.3, -0.25) is 9.36 Å². The van der Waals surface area contributed by atoms with Crippen molar-refractivity contribution in [1.29, 1.82) is 0 Å². The monoisotopic (exact) mass is 407 g/mol. The van der Waals surface area contributed by atoms with Crippen molar-refractivity contribution in [2.75, 3.05) is 0 Å². The molecule has 0 unspecified atom stereocenters. The zero-order valence-electron chi connectivity index (χ0n) is 16.5. The molecule has 2 aliphatic heterocycles. The summed E-state index contributed by atoms with van der Waals surface area (Å²) in [6.07, 6.45) is 12.3. The summed E-state index contributed by atoms with van der Waals surface area (Å²) in [5.41, 5.74) is 0.794. The number of H-pyrrole nitrogens is 1. The normalized spacial score (nSPS) is 27.3. The highest BCUT2D eigenvalue weighted by molar-refractivity contribution is 5.56. The number of rotatable bonds is 3. The maximum Gasteiger partial charge on any atom is 0.194 e. The van der Waals surface area contributed by atoms with Crippen LogP contribution in [0.1, 0.15) is 38.3 Å². The fourth-order valence-electron chi connectivity index (χ4n) is 4.46. The molecular formula is C21H22FN7O. The summed E-state index contributed by atoms with van der Waals surface area (Å²) in [4.78, 5) is 23.8. The van der Waals surface area contributed by atoms with E-state index in [1.165, 1.54) is 12.3 Å². The van der Waals surface area contributed by atoms with E-state index in [0.717, 1.165) is 24.8 Å². The molecule has 0 aromatic carbocycles. The third-order valence-electron chi connectivity index (χ3n) is 5.98. The highest BCUT2D eigenvalue weighted by Crippen LogP contribution is 2.39. The number of nitrogens with zero attached hydrogens (tertiary/aromatic N) is 5. The second-order valence-corrected chi connectivity index (χ2v) is 8.21. The summed E-state index contributed by atoms with van der Waals surface area (Å²) >= 11 is 0. The maximum atomic E-state index is 15.1. The van der Waals surface area contributed by atoms with E-state index in [1.807, 2.05) is 6.92 Å². The predicted octanol–water partition coefficient (Wildman–Crippen LogP) is 2.44. The first-order valence-corrected chi connectivity index (χ1v) is 10.1. The van der Waals surface area contributed by atoms with Crippen LogP contribution in [0.15, 0.2) is 47.5 Å². The van der Waals surface area contributed by atoms with Gasteiger partial charge >= 0.3 is 0 Å². The van der Waals surface area contributed by atoms with Crippen LogP contribution in [-0.2, 0) is 0 Å². The molecule has 2 N–H and O–H groups in total. The summed E-state index contributed by atoms with van der Waals surface area (Å²) in [5.74, 6) is 0.816. The van der Waals surface area contributed by atoms with Crippen molar-refractivity contribution in [3.8, 4) is 17.2 Å². The van der Waals surface area contributed by atoms with Crippen LogP contribution in [0.2, 0.25) is 0 Å². The minimum atomic E-state index is -1.06. The summed E-state index contributed by atoms with van der Waals surface area (Å²) in [6.45, 7) is 1.95. The average Bonchev–Trinajstić information content (AvgIpc) is 3.28. The first-order chi connectivity index (χ1) is 14.5. The fraction of sp³-hybridized carbons (Fsp3) is 0.381. The Balaban J connectivity index is 1.40. The highest BCUT2D eigenvalue weighted by atomic mass is 19.1. The number of pyridine rings is 1. The lowest BCUT2D eigenvalue weighted by atomic mass is 9.74. The number of imidazole rings is 1. The first-order valence-electron chi connectivity index (χ1n) is 10.1. The maximum absolute atomic E-state index is 15.1. The smallest absolute Gasteiger partial charge is 0.194 e. The van der Waals surface area contributed by atoms with Crippen molar-refractivity contribution in [2.24, 2.45) is 0 Å². The van der Waals surface area contributed by atoms with E-state index >= 15 is 4.39 Å². The lowest BCUT2D eigenvalue weighted by Gasteiger charge is -2.47. The van der Waals surface area contributed by atoms with E-state index in [2.05, 4.69) is 30.5 Å². The Bertz CT molecular complexity index is 1140. The highest BCUT2D eigenvalue weighted by Gasteiger charge is 2.45. The molecule has 9 heteroatoms. The molecule has 3 atom stereocenters. The molecule has 3 aromatic heterocycles. The SMILES string of the molecule is C[C@]12CCC[C@H](C/C(=C\c3cnc(-c4c[nH]c(-n5ccnc5)cc4=O)nn3)[C@@H]1F)N2. The summed E-state index contributed by atoms with van der Waals surface area (Å²) in [5, 5.41) is 11.7. The van der Waals surface area contributed by atoms with Crippen LogP contribution in [0.4, 0.5) is 4.39 Å². The second kappa shape index (κ2) is 7.24. The molecule has 5 rings (SSSR count). The molecule has 0 radical (unpaired) electrons. The van der Waals surface area contributed by atoms with Crippen LogP contribution in [0.25, 0.3) is 23.3 Å². The van der Waals surface area contributed by atoms with Crippen LogP contribution in [0, 0.1) is 0 Å². The molecule has 0 amide bonds. The minimum absolute atomic E-state index is 0.224. The van der Waals surface area contributed by atoms with E-state index in [-0.39, 0.29) is 11.3 Å². The van der Waals surface area contributed by atoms with E-state index in [4.69, 9.17) is 0 Å². The Kier molecular flexibility index (Phi) is 4.54. The lowest BCUT2D eigenvalue weighted by molar-refractivity contribution is 0.0993. The van der Waals surface area contributed by atoms with Crippen molar-refractivity contribution in [2.45, 2.75) is 50.4 Å². The zero-order valence-corrected chi connectivity index (χ0v) is 16.5. The number of hydrogen-bond donors (Lipinski definition) is 2. The van der Waals surface area contributed by atoms with Gasteiger partial charge in [0.1, 0.15) is 24.0 Å². The van der Waals surface area contributed by atoms with Gasteiger partial charge in [0, 0.05) is 30.7 Å². The van der Waals surface area contributed by atoms with Crippen LogP contribution in [-0.4, -0.2) is 47.5 Å². The molecule has 0 aliphatic carbocycles. The summed E-state index contributed by atoms with van der Waals surface area (Å²) in [7, 11) is 0. The number of hydrogen-bond acceptors (Lipinski definition) is 6. The standard InChI is InChI=1S/C21H22FN7O/c1-21-4-2-3-14(26-21)7-13(19(21)22)8-15-10-25-20(28-27-15)16-11-24-18(9-17(16)30)29-6-5-23-12-29/h5-6,8-12,14,19,26H,2-4,7H2,1H3,(H,24,30)/b13-8+/t14-,19+,21+/m1/s1. The van der Waals surface area contributed by atoms with Crippen molar-refractivity contribution < 1.29 is 4.39 Å². The van der Waals surface area contributed by atoms with Gasteiger partial charge in [-0.05, 0) is 44.3 Å². The van der Waals surface area contributed by atoms with Crippen molar-refractivity contribution >= 4 is 6.08 Å². The Morgan fingerprint density at radius 2 is 2.27 bits per heavy atom. The van der Waals surface area contributed by atoms with E-state index < -0.39 is 11.7 Å². The molecule has 0 spiro atoms. The third-order valence-corrected chi connectivity index (χ3v) is 5.98. The lowest BCUT2D eigenvalue weighted by Crippen LogP contribution is -2.61. The van der Waals surface area contributed by atoms with Gasteiger partial charge in [-0.25, -0.2) is 14.4 Å². The Labute approximate surface area is 172 Å². The molecule has 154 valence electrons. The van der Waals surface area contributed by atoms with E-state index in [9.17, 15) is 4.79 Å². The molecule has 3 aromatic rings. The zero-order chi connectivity index (χ0) is 20.7. The molecule has 5 heterocycles. The molecule has 2 fully saturated rings.